The third-order valence-corrected chi connectivity index (χ3v) is 9.59. The van der Waals surface area contributed by atoms with Crippen molar-refractivity contribution in [2.75, 3.05) is 4.90 Å². The zero-order valence-electron chi connectivity index (χ0n) is 27.5. The highest BCUT2D eigenvalue weighted by atomic mass is 15.1. The van der Waals surface area contributed by atoms with E-state index in [4.69, 9.17) is 0 Å². The van der Waals surface area contributed by atoms with E-state index in [-0.39, 0.29) is 0 Å². The Morgan fingerprint density at radius 3 is 1.58 bits per heavy atom. The van der Waals surface area contributed by atoms with Crippen molar-refractivity contribution >= 4 is 38.9 Å². The van der Waals surface area contributed by atoms with Crippen LogP contribution in [0.5, 0.6) is 0 Å². The Balaban J connectivity index is 1.16. The summed E-state index contributed by atoms with van der Waals surface area (Å²) in [6.45, 7) is 0. The molecule has 50 heavy (non-hydrogen) atoms. The first-order valence-electron chi connectivity index (χ1n) is 17.1. The van der Waals surface area contributed by atoms with Crippen LogP contribution in [-0.2, 0) is 0 Å². The van der Waals surface area contributed by atoms with E-state index in [1.165, 1.54) is 55.2 Å². The van der Waals surface area contributed by atoms with Gasteiger partial charge in [-0.1, -0.05) is 146 Å². The van der Waals surface area contributed by atoms with Crippen LogP contribution in [0.1, 0.15) is 0 Å². The number of aromatic nitrogens is 1. The van der Waals surface area contributed by atoms with Crippen molar-refractivity contribution in [2.24, 2.45) is 0 Å². The predicted octanol–water partition coefficient (Wildman–Crippen LogP) is 13.3. The summed E-state index contributed by atoms with van der Waals surface area (Å²) in [5.74, 6) is 0. The quantitative estimate of drug-likeness (QED) is 0.169. The van der Waals surface area contributed by atoms with Crippen LogP contribution in [0.2, 0.25) is 0 Å². The number of benzene rings is 8. The van der Waals surface area contributed by atoms with Gasteiger partial charge >= 0.3 is 0 Å². The molecular weight excluding hydrogens is 605 g/mol. The molecule has 0 saturated heterocycles. The number of hydrogen-bond acceptors (Lipinski definition) is 1. The highest BCUT2D eigenvalue weighted by Crippen LogP contribution is 2.42. The predicted molar refractivity (Wildman–Crippen MR) is 212 cm³/mol. The fraction of sp³-hybridized carbons (Fsp3) is 0. The van der Waals surface area contributed by atoms with Crippen LogP contribution in [0.3, 0.4) is 0 Å². The minimum atomic E-state index is 1.12. The van der Waals surface area contributed by atoms with E-state index in [9.17, 15) is 0 Å². The fourth-order valence-electron chi connectivity index (χ4n) is 7.22. The van der Waals surface area contributed by atoms with Crippen molar-refractivity contribution < 1.29 is 0 Å². The minimum Gasteiger partial charge on any atom is -0.310 e. The molecule has 0 bridgehead atoms. The third kappa shape index (κ3) is 5.34. The maximum Gasteiger partial charge on any atom is 0.0547 e. The van der Waals surface area contributed by atoms with Crippen molar-refractivity contribution in [3.8, 4) is 39.1 Å². The second-order valence-electron chi connectivity index (χ2n) is 12.6. The first-order valence-corrected chi connectivity index (χ1v) is 17.1. The van der Waals surface area contributed by atoms with Crippen LogP contribution in [0.15, 0.2) is 206 Å². The normalized spacial score (nSPS) is 11.2. The molecular formula is C48H34N2. The molecule has 8 aromatic carbocycles. The van der Waals surface area contributed by atoms with Crippen molar-refractivity contribution in [2.45, 2.75) is 0 Å². The van der Waals surface area contributed by atoms with Crippen LogP contribution in [0, 0.1) is 0 Å². The van der Waals surface area contributed by atoms with E-state index in [1.807, 2.05) is 0 Å². The summed E-state index contributed by atoms with van der Waals surface area (Å²) in [6, 6.07) is 74.0. The first kappa shape index (κ1) is 29.5. The zero-order chi connectivity index (χ0) is 33.3. The van der Waals surface area contributed by atoms with Crippen LogP contribution in [0.4, 0.5) is 17.1 Å². The zero-order valence-corrected chi connectivity index (χ0v) is 27.5. The Morgan fingerprint density at radius 2 is 0.840 bits per heavy atom. The molecule has 0 aliphatic carbocycles. The highest BCUT2D eigenvalue weighted by Gasteiger charge is 2.18. The average Bonchev–Trinajstić information content (AvgIpc) is 3.53. The molecule has 0 amide bonds. The molecule has 0 aliphatic heterocycles. The summed E-state index contributed by atoms with van der Waals surface area (Å²) in [4.78, 5) is 2.34. The van der Waals surface area contributed by atoms with Crippen LogP contribution in [0.25, 0.3) is 60.9 Å². The molecule has 2 heteroatoms. The first-order chi connectivity index (χ1) is 24.8. The molecule has 0 spiro atoms. The number of rotatable bonds is 7. The molecule has 0 unspecified atom stereocenters. The molecule has 0 fully saturated rings. The number of hydrogen-bond donors (Lipinski definition) is 0. The average molecular weight is 639 g/mol. The van der Waals surface area contributed by atoms with Gasteiger partial charge in [0.15, 0.2) is 0 Å². The molecule has 236 valence electrons. The van der Waals surface area contributed by atoms with Gasteiger partial charge in [0.25, 0.3) is 0 Å². The largest absolute Gasteiger partial charge is 0.310 e. The summed E-state index contributed by atoms with van der Waals surface area (Å²) in [7, 11) is 0. The lowest BCUT2D eigenvalue weighted by molar-refractivity contribution is 1.18. The molecule has 0 N–H and O–H groups in total. The summed E-state index contributed by atoms with van der Waals surface area (Å²) >= 11 is 0. The number of nitrogens with zero attached hydrogens (tertiary/aromatic N) is 2. The van der Waals surface area contributed by atoms with E-state index in [0.717, 1.165) is 22.7 Å². The molecule has 0 atom stereocenters. The smallest absolute Gasteiger partial charge is 0.0547 e. The monoisotopic (exact) mass is 638 g/mol. The van der Waals surface area contributed by atoms with Gasteiger partial charge in [0.05, 0.1) is 16.7 Å². The van der Waals surface area contributed by atoms with Crippen molar-refractivity contribution in [3.05, 3.63) is 206 Å². The molecule has 2 nitrogen and oxygen atoms in total. The molecule has 0 aliphatic rings. The maximum atomic E-state index is 2.40. The van der Waals surface area contributed by atoms with Crippen molar-refractivity contribution in [1.82, 2.24) is 4.57 Å². The molecule has 0 radical (unpaired) electrons. The topological polar surface area (TPSA) is 8.17 Å². The SMILES string of the molecule is c1ccc(-c2ccc(-n3c4ccccc4c4ccc(-c5cccc(-c6ccccc6N(c6ccccc6)c6ccccc6)c5)cc43)cc2)cc1. The Bertz CT molecular complexity index is 2530. The third-order valence-electron chi connectivity index (χ3n) is 9.59. The Kier molecular flexibility index (Phi) is 7.53. The molecule has 9 rings (SSSR count). The molecule has 1 heterocycles. The second kappa shape index (κ2) is 12.8. The van der Waals surface area contributed by atoms with E-state index >= 15 is 0 Å². The van der Waals surface area contributed by atoms with Crippen LogP contribution < -0.4 is 4.90 Å². The Hall–Kier alpha value is -6.64. The Labute approximate surface area is 292 Å². The van der Waals surface area contributed by atoms with E-state index in [2.05, 4.69) is 216 Å². The lowest BCUT2D eigenvalue weighted by Gasteiger charge is -2.27. The standard InChI is InChI=1S/C48H34N2/c1-4-15-35(16-5-1)36-27-30-42(31-28-36)50-47-26-13-11-24-44(47)45-32-29-38(34-48(45)50)37-17-14-18-39(33-37)43-23-10-12-25-46(43)49(40-19-6-2-7-20-40)41-21-8-3-9-22-41/h1-34H. The van der Waals surface area contributed by atoms with Gasteiger partial charge in [0, 0.05) is 33.4 Å². The van der Waals surface area contributed by atoms with Gasteiger partial charge in [0.1, 0.15) is 0 Å². The van der Waals surface area contributed by atoms with Gasteiger partial charge < -0.3 is 9.47 Å². The number of para-hydroxylation sites is 4. The number of anilines is 3. The van der Waals surface area contributed by atoms with Gasteiger partial charge in [-0.3, -0.25) is 0 Å². The summed E-state index contributed by atoms with van der Waals surface area (Å²) < 4.78 is 2.40. The fourth-order valence-corrected chi connectivity index (χ4v) is 7.22. The summed E-state index contributed by atoms with van der Waals surface area (Å²) in [5, 5.41) is 2.50. The lowest BCUT2D eigenvalue weighted by atomic mass is 9.96. The molecule has 9 aromatic rings. The second-order valence-corrected chi connectivity index (χ2v) is 12.6. The van der Waals surface area contributed by atoms with E-state index in [1.54, 1.807) is 0 Å². The van der Waals surface area contributed by atoms with Gasteiger partial charge in [-0.05, 0) is 88.5 Å². The maximum absolute atomic E-state index is 2.40. The van der Waals surface area contributed by atoms with Gasteiger partial charge in [-0.15, -0.1) is 0 Å². The van der Waals surface area contributed by atoms with Crippen molar-refractivity contribution in [3.63, 3.8) is 0 Å². The van der Waals surface area contributed by atoms with Gasteiger partial charge in [-0.25, -0.2) is 0 Å². The minimum absolute atomic E-state index is 1.12. The number of fused-ring (bicyclic) bond motifs is 3. The van der Waals surface area contributed by atoms with Gasteiger partial charge in [-0.2, -0.15) is 0 Å². The summed E-state index contributed by atoms with van der Waals surface area (Å²) in [6.07, 6.45) is 0. The van der Waals surface area contributed by atoms with E-state index < -0.39 is 0 Å². The van der Waals surface area contributed by atoms with Crippen LogP contribution >= 0.6 is 0 Å². The van der Waals surface area contributed by atoms with E-state index in [0.29, 0.717) is 0 Å². The van der Waals surface area contributed by atoms with Crippen molar-refractivity contribution in [1.29, 1.82) is 0 Å². The van der Waals surface area contributed by atoms with Crippen LogP contribution in [-0.4, -0.2) is 4.57 Å². The van der Waals surface area contributed by atoms with Gasteiger partial charge in [0.2, 0.25) is 0 Å². The molecule has 1 aromatic heterocycles. The lowest BCUT2D eigenvalue weighted by Crippen LogP contribution is -2.10. The Morgan fingerprint density at radius 1 is 0.320 bits per heavy atom. The highest BCUT2D eigenvalue weighted by molar-refractivity contribution is 6.10. The summed E-state index contributed by atoms with van der Waals surface area (Å²) in [5.41, 5.74) is 14.1. The molecule has 0 saturated carbocycles.